The summed E-state index contributed by atoms with van der Waals surface area (Å²) in [7, 11) is 0. The molecule has 3 rings (SSSR count). The van der Waals surface area contributed by atoms with Gasteiger partial charge in [0.05, 0.1) is 16.5 Å². The van der Waals surface area contributed by atoms with Gasteiger partial charge in [-0.25, -0.2) is 0 Å². The third-order valence-electron chi connectivity index (χ3n) is 3.50. The van der Waals surface area contributed by atoms with Crippen LogP contribution in [-0.2, 0) is 0 Å². The van der Waals surface area contributed by atoms with E-state index in [1.807, 2.05) is 37.3 Å². The van der Waals surface area contributed by atoms with Crippen molar-refractivity contribution in [2.75, 3.05) is 13.2 Å². The maximum absolute atomic E-state index is 12.5. The van der Waals surface area contributed by atoms with Gasteiger partial charge in [-0.05, 0) is 42.8 Å². The Labute approximate surface area is 156 Å². The first-order valence-electron chi connectivity index (χ1n) is 7.70. The van der Waals surface area contributed by atoms with Crippen LogP contribution in [0.2, 0.25) is 5.02 Å². The Morgan fingerprint density at radius 3 is 2.80 bits per heavy atom. The highest BCUT2D eigenvalue weighted by Gasteiger charge is 2.25. The second kappa shape index (κ2) is 7.69. The number of ketones is 1. The summed E-state index contributed by atoms with van der Waals surface area (Å²) in [6.45, 7) is 2.43. The van der Waals surface area contributed by atoms with Gasteiger partial charge in [0.25, 0.3) is 0 Å². The standard InChI is InChI=1S/C20H15ClO3S/c1-3-9-24-20-15(21)10-13(11-16(20)23-4-2)12-18-19(22)14-7-5-6-8-17(14)25-18/h1,5-8,10-12H,4,9H2,2H3/b18-12-. The molecule has 0 radical (unpaired) electrons. The molecule has 0 saturated carbocycles. The molecule has 0 spiro atoms. The van der Waals surface area contributed by atoms with Crippen LogP contribution in [0, 0.1) is 12.3 Å². The van der Waals surface area contributed by atoms with Crippen molar-refractivity contribution in [2.24, 2.45) is 0 Å². The molecular formula is C20H15ClO3S. The summed E-state index contributed by atoms with van der Waals surface area (Å²) in [6, 6.07) is 11.1. The molecule has 5 heteroatoms. The maximum Gasteiger partial charge on any atom is 0.200 e. The predicted octanol–water partition coefficient (Wildman–Crippen LogP) is 5.08. The van der Waals surface area contributed by atoms with Gasteiger partial charge in [0, 0.05) is 10.5 Å². The molecule has 2 aromatic rings. The first-order chi connectivity index (χ1) is 12.1. The Bertz CT molecular complexity index is 896. The van der Waals surface area contributed by atoms with Crippen LogP contribution >= 0.6 is 23.4 Å². The number of allylic oxidation sites excluding steroid dienone is 1. The van der Waals surface area contributed by atoms with Gasteiger partial charge < -0.3 is 9.47 Å². The quantitative estimate of drug-likeness (QED) is 0.543. The minimum Gasteiger partial charge on any atom is -0.490 e. The summed E-state index contributed by atoms with van der Waals surface area (Å²) in [4.78, 5) is 14.1. The predicted molar refractivity (Wildman–Crippen MR) is 102 cm³/mol. The van der Waals surface area contributed by atoms with E-state index in [-0.39, 0.29) is 12.4 Å². The van der Waals surface area contributed by atoms with Crippen LogP contribution in [0.1, 0.15) is 22.8 Å². The van der Waals surface area contributed by atoms with Gasteiger partial charge >= 0.3 is 0 Å². The van der Waals surface area contributed by atoms with Gasteiger partial charge in [0.1, 0.15) is 6.61 Å². The molecule has 0 aliphatic carbocycles. The zero-order valence-corrected chi connectivity index (χ0v) is 15.1. The molecule has 126 valence electrons. The molecule has 0 amide bonds. The van der Waals surface area contributed by atoms with Crippen molar-refractivity contribution >= 4 is 35.2 Å². The Kier molecular flexibility index (Phi) is 5.37. The lowest BCUT2D eigenvalue weighted by Crippen LogP contribution is -2.00. The Morgan fingerprint density at radius 2 is 2.08 bits per heavy atom. The number of ether oxygens (including phenoxy) is 2. The summed E-state index contributed by atoms with van der Waals surface area (Å²) in [5.41, 5.74) is 1.49. The molecule has 0 bridgehead atoms. The van der Waals surface area contributed by atoms with Gasteiger partial charge in [0.15, 0.2) is 11.5 Å². The first kappa shape index (κ1) is 17.5. The van der Waals surface area contributed by atoms with Crippen molar-refractivity contribution in [3.05, 3.63) is 57.5 Å². The highest BCUT2D eigenvalue weighted by molar-refractivity contribution is 8.04. The number of thioether (sulfide) groups is 1. The van der Waals surface area contributed by atoms with E-state index in [2.05, 4.69) is 5.92 Å². The topological polar surface area (TPSA) is 35.5 Å². The largest absolute Gasteiger partial charge is 0.490 e. The van der Waals surface area contributed by atoms with E-state index in [1.165, 1.54) is 11.8 Å². The van der Waals surface area contributed by atoms with Crippen LogP contribution in [0.3, 0.4) is 0 Å². The molecule has 0 saturated heterocycles. The zero-order valence-electron chi connectivity index (χ0n) is 13.5. The number of fused-ring (bicyclic) bond motifs is 1. The van der Waals surface area contributed by atoms with Crippen LogP contribution < -0.4 is 9.47 Å². The molecule has 25 heavy (non-hydrogen) atoms. The maximum atomic E-state index is 12.5. The fraction of sp³-hybridized carbons (Fsp3) is 0.150. The molecule has 1 aliphatic rings. The molecule has 0 atom stereocenters. The number of terminal acetylenes is 1. The fourth-order valence-electron chi connectivity index (χ4n) is 2.48. The lowest BCUT2D eigenvalue weighted by atomic mass is 10.1. The van der Waals surface area contributed by atoms with Crippen molar-refractivity contribution in [3.63, 3.8) is 0 Å². The highest BCUT2D eigenvalue weighted by Crippen LogP contribution is 2.42. The second-order valence-electron chi connectivity index (χ2n) is 5.19. The van der Waals surface area contributed by atoms with Crippen LogP contribution in [-0.4, -0.2) is 19.0 Å². The third kappa shape index (κ3) is 3.68. The number of carbonyl (C=O) groups excluding carboxylic acids is 1. The van der Waals surface area contributed by atoms with E-state index in [4.69, 9.17) is 27.5 Å². The zero-order chi connectivity index (χ0) is 17.8. The van der Waals surface area contributed by atoms with Crippen molar-refractivity contribution in [1.82, 2.24) is 0 Å². The van der Waals surface area contributed by atoms with Crippen LogP contribution in [0.5, 0.6) is 11.5 Å². The average molecular weight is 371 g/mol. The molecule has 3 nitrogen and oxygen atoms in total. The number of benzene rings is 2. The van der Waals surface area contributed by atoms with E-state index < -0.39 is 0 Å². The van der Waals surface area contributed by atoms with Gasteiger partial charge in [0.2, 0.25) is 5.78 Å². The van der Waals surface area contributed by atoms with Crippen molar-refractivity contribution in [1.29, 1.82) is 0 Å². The van der Waals surface area contributed by atoms with Gasteiger partial charge in [-0.3, -0.25) is 4.79 Å². The molecule has 0 unspecified atom stereocenters. The number of halogens is 1. The van der Waals surface area contributed by atoms with Crippen molar-refractivity contribution in [2.45, 2.75) is 11.8 Å². The summed E-state index contributed by atoms with van der Waals surface area (Å²) >= 11 is 7.77. The number of hydrogen-bond donors (Lipinski definition) is 0. The average Bonchev–Trinajstić information content (AvgIpc) is 2.91. The minimum atomic E-state index is 0.0161. The monoisotopic (exact) mass is 370 g/mol. The molecule has 0 N–H and O–H groups in total. The SMILES string of the molecule is C#CCOc1c(Cl)cc(/C=C2\Sc3ccccc3C2=O)cc1OCC. The Morgan fingerprint density at radius 1 is 1.28 bits per heavy atom. The van der Waals surface area contributed by atoms with E-state index in [0.29, 0.717) is 28.0 Å². The first-order valence-corrected chi connectivity index (χ1v) is 8.89. The van der Waals surface area contributed by atoms with Crippen LogP contribution in [0.25, 0.3) is 6.08 Å². The Balaban J connectivity index is 1.96. The van der Waals surface area contributed by atoms with E-state index in [0.717, 1.165) is 16.0 Å². The normalized spacial score (nSPS) is 14.3. The fourth-order valence-corrected chi connectivity index (χ4v) is 3.80. The summed E-state index contributed by atoms with van der Waals surface area (Å²) in [5.74, 6) is 3.34. The molecule has 0 fully saturated rings. The molecule has 1 heterocycles. The minimum absolute atomic E-state index is 0.0161. The second-order valence-corrected chi connectivity index (χ2v) is 6.68. The lowest BCUT2D eigenvalue weighted by molar-refractivity contribution is 0.104. The van der Waals surface area contributed by atoms with Crippen molar-refractivity contribution in [3.8, 4) is 23.8 Å². The van der Waals surface area contributed by atoms with E-state index in [1.54, 1.807) is 12.1 Å². The molecular weight excluding hydrogens is 356 g/mol. The molecule has 0 aromatic heterocycles. The summed E-state index contributed by atoms with van der Waals surface area (Å²) < 4.78 is 11.1. The number of rotatable bonds is 5. The Hall–Kier alpha value is -2.35. The van der Waals surface area contributed by atoms with E-state index >= 15 is 0 Å². The van der Waals surface area contributed by atoms with E-state index in [9.17, 15) is 4.79 Å². The van der Waals surface area contributed by atoms with Gasteiger partial charge in [-0.15, -0.1) is 6.42 Å². The molecule has 2 aromatic carbocycles. The van der Waals surface area contributed by atoms with Gasteiger partial charge in [-0.1, -0.05) is 41.4 Å². The molecule has 1 aliphatic heterocycles. The highest BCUT2D eigenvalue weighted by atomic mass is 35.5. The lowest BCUT2D eigenvalue weighted by Gasteiger charge is -2.13. The summed E-state index contributed by atoms with van der Waals surface area (Å²) in [6.07, 6.45) is 7.05. The van der Waals surface area contributed by atoms with Gasteiger partial charge in [-0.2, -0.15) is 0 Å². The van der Waals surface area contributed by atoms with Crippen LogP contribution in [0.15, 0.2) is 46.2 Å². The van der Waals surface area contributed by atoms with Crippen LogP contribution in [0.4, 0.5) is 0 Å². The number of Topliss-reactive ketones (excluding diaryl/α,β-unsaturated/α-hetero) is 1. The number of carbonyl (C=O) groups is 1. The van der Waals surface area contributed by atoms with Crippen molar-refractivity contribution < 1.29 is 14.3 Å². The third-order valence-corrected chi connectivity index (χ3v) is 4.88. The summed E-state index contributed by atoms with van der Waals surface area (Å²) in [5, 5.41) is 0.390. The number of hydrogen-bond acceptors (Lipinski definition) is 4. The smallest absolute Gasteiger partial charge is 0.200 e.